The molecular weight excluding hydrogens is 301 g/mol. The second-order valence-corrected chi connectivity index (χ2v) is 4.82. The van der Waals surface area contributed by atoms with Gasteiger partial charge in [-0.25, -0.2) is 4.98 Å². The number of aromatic nitrogens is 1. The van der Waals surface area contributed by atoms with Gasteiger partial charge in [0.25, 0.3) is 5.91 Å². The quantitative estimate of drug-likeness (QED) is 0.874. The van der Waals surface area contributed by atoms with Crippen molar-refractivity contribution in [3.63, 3.8) is 0 Å². The topological polar surface area (TPSA) is 55.6 Å². The zero-order valence-corrected chi connectivity index (χ0v) is 11.2. The van der Waals surface area contributed by atoms with Gasteiger partial charge in [-0.2, -0.15) is 13.2 Å². The first kappa shape index (κ1) is 14.4. The zero-order valence-electron chi connectivity index (χ0n) is 11.2. The first-order valence-corrected chi connectivity index (χ1v) is 6.46. The van der Waals surface area contributed by atoms with Crippen LogP contribution in [0.15, 0.2) is 41.2 Å². The van der Waals surface area contributed by atoms with Crippen LogP contribution in [0.1, 0.15) is 16.1 Å². The number of ether oxygens (including phenoxy) is 1. The molecule has 0 N–H and O–H groups in total. The Kier molecular flexibility index (Phi) is 3.51. The van der Waals surface area contributed by atoms with E-state index in [-0.39, 0.29) is 17.9 Å². The smallest absolute Gasteiger partial charge is 0.433 e. The number of nitrogens with zero attached hydrogens (tertiary/aromatic N) is 2. The number of carbonyl (C=O) groups is 1. The Labute approximate surface area is 123 Å². The van der Waals surface area contributed by atoms with Crippen LogP contribution in [-0.2, 0) is 6.18 Å². The molecule has 1 aliphatic heterocycles. The van der Waals surface area contributed by atoms with Gasteiger partial charge < -0.3 is 14.1 Å². The fraction of sp³-hybridized carbons (Fsp3) is 0.286. The van der Waals surface area contributed by atoms with Crippen molar-refractivity contribution < 1.29 is 27.1 Å². The summed E-state index contributed by atoms with van der Waals surface area (Å²) >= 11 is 0. The van der Waals surface area contributed by atoms with E-state index in [2.05, 4.69) is 4.98 Å². The third-order valence-electron chi connectivity index (χ3n) is 3.20. The molecule has 3 heterocycles. The minimum absolute atomic E-state index is 0.102. The SMILES string of the molecule is O=C(c1ccoc1)N1CC(Oc2cccc(C(F)(F)F)n2)C1. The maximum atomic E-state index is 12.5. The van der Waals surface area contributed by atoms with Crippen molar-refractivity contribution in [2.24, 2.45) is 0 Å². The van der Waals surface area contributed by atoms with Gasteiger partial charge in [-0.15, -0.1) is 0 Å². The number of carbonyl (C=O) groups excluding carboxylic acids is 1. The molecule has 1 aliphatic rings. The van der Waals surface area contributed by atoms with Crippen LogP contribution in [0, 0.1) is 0 Å². The highest BCUT2D eigenvalue weighted by Crippen LogP contribution is 2.29. The average molecular weight is 312 g/mol. The van der Waals surface area contributed by atoms with Crippen LogP contribution in [0.5, 0.6) is 5.88 Å². The van der Waals surface area contributed by atoms with E-state index < -0.39 is 11.9 Å². The largest absolute Gasteiger partial charge is 0.472 e. The summed E-state index contributed by atoms with van der Waals surface area (Å²) in [6.45, 7) is 0.587. The van der Waals surface area contributed by atoms with Crippen LogP contribution in [0.4, 0.5) is 13.2 Å². The van der Waals surface area contributed by atoms with Crippen LogP contribution in [0.2, 0.25) is 0 Å². The van der Waals surface area contributed by atoms with Crippen molar-refractivity contribution in [1.29, 1.82) is 0 Å². The van der Waals surface area contributed by atoms with Crippen molar-refractivity contribution in [2.75, 3.05) is 13.1 Å². The lowest BCUT2D eigenvalue weighted by Gasteiger charge is -2.38. The number of likely N-dealkylation sites (tertiary alicyclic amines) is 1. The van der Waals surface area contributed by atoms with Crippen LogP contribution in [-0.4, -0.2) is 35.0 Å². The summed E-state index contributed by atoms with van der Waals surface area (Å²) in [6.07, 6.45) is -2.15. The number of pyridine rings is 1. The van der Waals surface area contributed by atoms with E-state index in [0.29, 0.717) is 18.7 Å². The van der Waals surface area contributed by atoms with E-state index in [9.17, 15) is 18.0 Å². The standard InChI is InChI=1S/C14H11F3N2O3/c15-14(16,17)11-2-1-3-12(18-11)22-10-6-19(7-10)13(20)9-4-5-21-8-9/h1-5,8,10H,6-7H2. The van der Waals surface area contributed by atoms with Crippen molar-refractivity contribution in [3.8, 4) is 5.88 Å². The maximum Gasteiger partial charge on any atom is 0.433 e. The lowest BCUT2D eigenvalue weighted by atomic mass is 10.1. The van der Waals surface area contributed by atoms with Gasteiger partial charge in [0.1, 0.15) is 18.1 Å². The summed E-state index contributed by atoms with van der Waals surface area (Å²) in [6, 6.07) is 5.02. The summed E-state index contributed by atoms with van der Waals surface area (Å²) in [5, 5.41) is 0. The average Bonchev–Trinajstić information content (AvgIpc) is 2.95. The van der Waals surface area contributed by atoms with Gasteiger partial charge in [-0.3, -0.25) is 4.79 Å². The molecule has 0 aromatic carbocycles. The van der Waals surface area contributed by atoms with Gasteiger partial charge >= 0.3 is 6.18 Å². The van der Waals surface area contributed by atoms with Crippen LogP contribution in [0.25, 0.3) is 0 Å². The summed E-state index contributed by atoms with van der Waals surface area (Å²) in [4.78, 5) is 16.9. The van der Waals surface area contributed by atoms with Gasteiger partial charge in [0.2, 0.25) is 5.88 Å². The Hall–Kier alpha value is -2.51. The minimum Gasteiger partial charge on any atom is -0.472 e. The van der Waals surface area contributed by atoms with Gasteiger partial charge in [0.05, 0.1) is 24.9 Å². The second-order valence-electron chi connectivity index (χ2n) is 4.82. The van der Waals surface area contributed by atoms with E-state index in [1.54, 1.807) is 6.07 Å². The molecule has 116 valence electrons. The van der Waals surface area contributed by atoms with Gasteiger partial charge in [-0.1, -0.05) is 6.07 Å². The van der Waals surface area contributed by atoms with Gasteiger partial charge in [0.15, 0.2) is 0 Å². The zero-order chi connectivity index (χ0) is 15.7. The van der Waals surface area contributed by atoms with Gasteiger partial charge in [-0.05, 0) is 12.1 Å². The van der Waals surface area contributed by atoms with Gasteiger partial charge in [0, 0.05) is 6.07 Å². The molecule has 1 saturated heterocycles. The lowest BCUT2D eigenvalue weighted by Crippen LogP contribution is -2.56. The summed E-state index contributed by atoms with van der Waals surface area (Å²) < 4.78 is 47.8. The van der Waals surface area contributed by atoms with Crippen molar-refractivity contribution >= 4 is 5.91 Å². The van der Waals surface area contributed by atoms with Crippen LogP contribution in [0.3, 0.4) is 0 Å². The normalized spacial score (nSPS) is 15.5. The molecule has 0 atom stereocenters. The number of furan rings is 1. The molecular formula is C14H11F3N2O3. The number of rotatable bonds is 3. The number of amides is 1. The molecule has 0 radical (unpaired) electrons. The first-order chi connectivity index (χ1) is 10.4. The molecule has 0 aliphatic carbocycles. The highest BCUT2D eigenvalue weighted by Gasteiger charge is 2.35. The Morgan fingerprint density at radius 1 is 1.32 bits per heavy atom. The molecule has 0 saturated carbocycles. The third-order valence-corrected chi connectivity index (χ3v) is 3.20. The molecule has 8 heteroatoms. The van der Waals surface area contributed by atoms with E-state index in [0.717, 1.165) is 6.07 Å². The molecule has 0 unspecified atom stereocenters. The number of hydrogen-bond acceptors (Lipinski definition) is 4. The number of halogens is 3. The minimum atomic E-state index is -4.51. The lowest BCUT2D eigenvalue weighted by molar-refractivity contribution is -0.141. The predicted octanol–water partition coefficient (Wildman–Crippen LogP) is 2.60. The third kappa shape index (κ3) is 2.90. The first-order valence-electron chi connectivity index (χ1n) is 6.46. The highest BCUT2D eigenvalue weighted by atomic mass is 19.4. The Morgan fingerprint density at radius 2 is 2.09 bits per heavy atom. The van der Waals surface area contributed by atoms with Crippen molar-refractivity contribution in [2.45, 2.75) is 12.3 Å². The number of hydrogen-bond donors (Lipinski definition) is 0. The summed E-state index contributed by atoms with van der Waals surface area (Å²) in [7, 11) is 0. The van der Waals surface area contributed by atoms with Crippen LogP contribution >= 0.6 is 0 Å². The molecule has 1 amide bonds. The molecule has 22 heavy (non-hydrogen) atoms. The predicted molar refractivity (Wildman–Crippen MR) is 68.3 cm³/mol. The van der Waals surface area contributed by atoms with E-state index in [1.807, 2.05) is 0 Å². The molecule has 0 bridgehead atoms. The molecule has 5 nitrogen and oxygen atoms in total. The molecule has 2 aromatic rings. The van der Waals surface area contributed by atoms with E-state index in [4.69, 9.17) is 9.15 Å². The molecule has 3 rings (SSSR count). The fourth-order valence-corrected chi connectivity index (χ4v) is 2.06. The Morgan fingerprint density at radius 3 is 2.73 bits per heavy atom. The molecule has 1 fully saturated rings. The monoisotopic (exact) mass is 312 g/mol. The summed E-state index contributed by atoms with van der Waals surface area (Å²) in [5.74, 6) is -0.305. The van der Waals surface area contributed by atoms with Crippen LogP contribution < -0.4 is 4.74 Å². The Balaban J connectivity index is 1.57. The van der Waals surface area contributed by atoms with Crippen molar-refractivity contribution in [1.82, 2.24) is 9.88 Å². The fourth-order valence-electron chi connectivity index (χ4n) is 2.06. The maximum absolute atomic E-state index is 12.5. The van der Waals surface area contributed by atoms with Crippen molar-refractivity contribution in [3.05, 3.63) is 48.0 Å². The van der Waals surface area contributed by atoms with E-state index >= 15 is 0 Å². The molecule has 2 aromatic heterocycles. The summed E-state index contributed by atoms with van der Waals surface area (Å²) in [5.41, 5.74) is -0.578. The van der Waals surface area contributed by atoms with E-state index in [1.165, 1.54) is 29.6 Å². The second kappa shape index (κ2) is 5.36. The highest BCUT2D eigenvalue weighted by molar-refractivity contribution is 5.94. The molecule has 0 spiro atoms. The number of alkyl halides is 3. The Bertz CT molecular complexity index is 664.